The second-order valence-electron chi connectivity index (χ2n) is 5.34. The van der Waals surface area contributed by atoms with Crippen LogP contribution in [0.25, 0.3) is 28.1 Å². The van der Waals surface area contributed by atoms with Gasteiger partial charge in [-0.3, -0.25) is 5.10 Å². The summed E-state index contributed by atoms with van der Waals surface area (Å²) < 4.78 is 46.7. The van der Waals surface area contributed by atoms with Gasteiger partial charge in [0.05, 0.1) is 24.6 Å². The van der Waals surface area contributed by atoms with E-state index in [-0.39, 0.29) is 11.5 Å². The highest BCUT2D eigenvalue weighted by Gasteiger charge is 2.37. The number of methoxy groups -OCH3 is 1. The number of aromatic nitrogens is 6. The minimum atomic E-state index is -4.67. The zero-order valence-electron chi connectivity index (χ0n) is 13.1. The van der Waals surface area contributed by atoms with E-state index in [9.17, 15) is 13.2 Å². The number of ether oxygens (including phenoxy) is 1. The van der Waals surface area contributed by atoms with Gasteiger partial charge in [0.2, 0.25) is 0 Å². The van der Waals surface area contributed by atoms with E-state index in [1.807, 2.05) is 0 Å². The number of nitrogens with one attached hydrogen (secondary N) is 1. The first kappa shape index (κ1) is 16.5. The molecule has 0 atom stereocenters. The van der Waals surface area contributed by atoms with Crippen molar-refractivity contribution in [2.45, 2.75) is 6.18 Å². The molecule has 1 aromatic carbocycles. The van der Waals surface area contributed by atoms with E-state index in [1.54, 1.807) is 35.2 Å². The zero-order valence-corrected chi connectivity index (χ0v) is 13.9. The Bertz CT molecular complexity index is 1080. The Labute approximate surface area is 149 Å². The molecule has 0 saturated heterocycles. The lowest BCUT2D eigenvalue weighted by atomic mass is 10.2. The third-order valence-corrected chi connectivity index (χ3v) is 4.17. The maximum atomic E-state index is 12.9. The summed E-state index contributed by atoms with van der Waals surface area (Å²) in [7, 11) is 1.52. The molecule has 0 aliphatic rings. The molecule has 0 saturated carbocycles. The molecule has 0 radical (unpaired) electrons. The van der Waals surface area contributed by atoms with Gasteiger partial charge in [-0.1, -0.05) is 0 Å². The van der Waals surface area contributed by atoms with E-state index < -0.39 is 12.0 Å². The molecule has 0 amide bonds. The number of benzene rings is 1. The van der Waals surface area contributed by atoms with Crippen molar-refractivity contribution in [1.82, 2.24) is 28.8 Å². The number of alkyl halides is 3. The first-order valence-corrected chi connectivity index (χ1v) is 7.61. The van der Waals surface area contributed by atoms with E-state index in [0.29, 0.717) is 22.3 Å². The van der Waals surface area contributed by atoms with Crippen LogP contribution < -0.4 is 4.74 Å². The summed E-state index contributed by atoms with van der Waals surface area (Å²) in [5.41, 5.74) is 1.28. The van der Waals surface area contributed by atoms with Crippen LogP contribution in [0, 0.1) is 0 Å². The van der Waals surface area contributed by atoms with Gasteiger partial charge in [-0.15, -0.1) is 5.10 Å². The van der Waals surface area contributed by atoms with Crippen molar-refractivity contribution in [2.24, 2.45) is 0 Å². The van der Waals surface area contributed by atoms with Crippen LogP contribution in [-0.4, -0.2) is 35.9 Å². The minimum absolute atomic E-state index is 0.119. The first-order valence-electron chi connectivity index (χ1n) is 7.27. The number of halogens is 4. The molecular formula is C15H10ClF3N6O. The van der Waals surface area contributed by atoms with E-state index in [4.69, 9.17) is 16.5 Å². The predicted octanol–water partition coefficient (Wildman–Crippen LogP) is 3.64. The van der Waals surface area contributed by atoms with Crippen molar-refractivity contribution in [1.29, 1.82) is 0 Å². The largest absolute Gasteiger partial charge is 0.497 e. The topological polar surface area (TPSA) is 73.6 Å². The van der Waals surface area contributed by atoms with Crippen LogP contribution in [0.3, 0.4) is 0 Å². The monoisotopic (exact) mass is 382 g/mol. The zero-order chi connectivity index (χ0) is 18.5. The van der Waals surface area contributed by atoms with E-state index in [1.165, 1.54) is 17.5 Å². The lowest BCUT2D eigenvalue weighted by Gasteiger charge is -2.05. The fourth-order valence-electron chi connectivity index (χ4n) is 2.70. The molecule has 7 nitrogen and oxygen atoms in total. The molecule has 0 aliphatic heterocycles. The quantitative estimate of drug-likeness (QED) is 0.587. The standard InChI is InChI=1S/C15H10ClF3N6O/c1-26-8-2-3-10-9(6-8)11(24-5-4-20-7-24)12(25(10)16)13-21-14(23-22-13)15(17,18)19/h2-7H,1H3,(H,21,22,23). The number of H-pyrrole nitrogens is 1. The number of aromatic amines is 1. The molecule has 26 heavy (non-hydrogen) atoms. The van der Waals surface area contributed by atoms with Crippen LogP contribution in [0.1, 0.15) is 5.82 Å². The van der Waals surface area contributed by atoms with E-state index in [0.717, 1.165) is 0 Å². The molecule has 4 rings (SSSR count). The molecule has 11 heteroatoms. The summed E-state index contributed by atoms with van der Waals surface area (Å²) in [5, 5.41) is 6.21. The van der Waals surface area contributed by atoms with Crippen LogP contribution in [-0.2, 0) is 6.18 Å². The minimum Gasteiger partial charge on any atom is -0.497 e. The molecule has 0 fully saturated rings. The van der Waals surface area contributed by atoms with Gasteiger partial charge in [-0.05, 0) is 18.2 Å². The summed E-state index contributed by atoms with van der Waals surface area (Å²) >= 11 is 6.41. The lowest BCUT2D eigenvalue weighted by molar-refractivity contribution is -0.144. The molecule has 0 unspecified atom stereocenters. The van der Waals surface area contributed by atoms with Gasteiger partial charge in [0.25, 0.3) is 5.82 Å². The summed E-state index contributed by atoms with van der Waals surface area (Å²) in [5.74, 6) is -0.823. The molecular weight excluding hydrogens is 373 g/mol. The average molecular weight is 383 g/mol. The Morgan fingerprint density at radius 2 is 2.08 bits per heavy atom. The number of hydrogen-bond donors (Lipinski definition) is 1. The molecule has 0 bridgehead atoms. The predicted molar refractivity (Wildman–Crippen MR) is 87.2 cm³/mol. The average Bonchev–Trinajstić information content (AvgIpc) is 3.32. The number of hydrogen-bond acceptors (Lipinski definition) is 4. The van der Waals surface area contributed by atoms with Crippen molar-refractivity contribution >= 4 is 22.7 Å². The Balaban J connectivity index is 2.04. The summed E-state index contributed by atoms with van der Waals surface area (Å²) in [6.45, 7) is 0. The van der Waals surface area contributed by atoms with Crippen LogP contribution in [0.15, 0.2) is 36.9 Å². The smallest absolute Gasteiger partial charge is 0.453 e. The van der Waals surface area contributed by atoms with Crippen LogP contribution in [0.2, 0.25) is 0 Å². The Hall–Kier alpha value is -3.01. The lowest BCUT2D eigenvalue weighted by Crippen LogP contribution is -2.07. The number of nitrogens with zero attached hydrogens (tertiary/aromatic N) is 5. The number of imidazole rings is 1. The van der Waals surface area contributed by atoms with Crippen molar-refractivity contribution in [3.05, 3.63) is 42.7 Å². The molecule has 1 N–H and O–H groups in total. The highest BCUT2D eigenvalue weighted by molar-refractivity contribution is 6.23. The Morgan fingerprint density at radius 3 is 2.69 bits per heavy atom. The van der Waals surface area contributed by atoms with Crippen LogP contribution >= 0.6 is 11.8 Å². The second kappa shape index (κ2) is 5.77. The number of fused-ring (bicyclic) bond motifs is 1. The maximum absolute atomic E-state index is 12.9. The van der Waals surface area contributed by atoms with Gasteiger partial charge < -0.3 is 9.30 Å². The van der Waals surface area contributed by atoms with Gasteiger partial charge in [-0.25, -0.2) is 14.1 Å². The molecule has 3 heterocycles. The van der Waals surface area contributed by atoms with Gasteiger partial charge in [0, 0.05) is 29.6 Å². The highest BCUT2D eigenvalue weighted by atomic mass is 35.5. The van der Waals surface area contributed by atoms with Crippen molar-refractivity contribution < 1.29 is 17.9 Å². The molecule has 4 aromatic rings. The third-order valence-electron chi connectivity index (χ3n) is 3.82. The van der Waals surface area contributed by atoms with Gasteiger partial charge in [0.15, 0.2) is 5.82 Å². The van der Waals surface area contributed by atoms with Crippen LogP contribution in [0.5, 0.6) is 5.75 Å². The fraction of sp³-hybridized carbons (Fsp3) is 0.133. The molecule has 0 aliphatic carbocycles. The fourth-order valence-corrected chi connectivity index (χ4v) is 3.00. The summed E-state index contributed by atoms with van der Waals surface area (Å²) in [6.07, 6.45) is 0.0323. The summed E-state index contributed by atoms with van der Waals surface area (Å²) in [6, 6.07) is 5.13. The second-order valence-corrected chi connectivity index (χ2v) is 5.67. The van der Waals surface area contributed by atoms with Crippen molar-refractivity contribution in [3.63, 3.8) is 0 Å². The maximum Gasteiger partial charge on any atom is 0.453 e. The third kappa shape index (κ3) is 2.49. The Morgan fingerprint density at radius 1 is 1.27 bits per heavy atom. The van der Waals surface area contributed by atoms with Crippen LogP contribution in [0.4, 0.5) is 13.2 Å². The van der Waals surface area contributed by atoms with E-state index in [2.05, 4.69) is 20.2 Å². The normalized spacial score (nSPS) is 12.0. The van der Waals surface area contributed by atoms with E-state index >= 15 is 0 Å². The van der Waals surface area contributed by atoms with Crippen molar-refractivity contribution in [3.8, 4) is 23.0 Å². The molecule has 134 valence electrons. The highest BCUT2D eigenvalue weighted by Crippen LogP contribution is 2.38. The number of rotatable bonds is 3. The van der Waals surface area contributed by atoms with Gasteiger partial charge in [0.1, 0.15) is 11.4 Å². The first-order chi connectivity index (χ1) is 12.4. The SMILES string of the molecule is COc1ccc2c(c1)c(-n1ccnc1)c(-c1nc(C(F)(F)F)n[nH]1)n2Cl. The Kier molecular flexibility index (Phi) is 3.65. The van der Waals surface area contributed by atoms with Gasteiger partial charge in [-0.2, -0.15) is 13.2 Å². The van der Waals surface area contributed by atoms with Gasteiger partial charge >= 0.3 is 6.18 Å². The van der Waals surface area contributed by atoms with Crippen molar-refractivity contribution in [2.75, 3.05) is 7.11 Å². The molecule has 0 spiro atoms. The molecule has 3 aromatic heterocycles. The summed E-state index contributed by atoms with van der Waals surface area (Å²) in [4.78, 5) is 7.55.